The molecule has 0 unspecified atom stereocenters. The fourth-order valence-electron chi connectivity index (χ4n) is 2.74. The van der Waals surface area contributed by atoms with Crippen LogP contribution >= 0.6 is 0 Å². The summed E-state index contributed by atoms with van der Waals surface area (Å²) in [7, 11) is 0. The van der Waals surface area contributed by atoms with Crippen molar-refractivity contribution >= 4 is 6.41 Å². The number of hydrogen-bond acceptors (Lipinski definition) is 1. The van der Waals surface area contributed by atoms with Crippen LogP contribution in [0.25, 0.3) is 0 Å². The first-order valence-corrected chi connectivity index (χ1v) is 5.88. The van der Waals surface area contributed by atoms with E-state index in [1.54, 1.807) is 0 Å². The molecule has 3 heteroatoms. The number of aromatic nitrogens is 1. The predicted octanol–water partition coefficient (Wildman–Crippen LogP) is 1.67. The number of hydrogen-bond donors (Lipinski definition) is 1. The number of aryl methyl sites for hydroxylation is 1. The Balaban J connectivity index is 2.17. The zero-order valence-electron chi connectivity index (χ0n) is 10.3. The van der Waals surface area contributed by atoms with Crippen LogP contribution < -0.4 is 5.32 Å². The predicted molar refractivity (Wildman–Crippen MR) is 64.4 cm³/mol. The molecule has 1 aromatic heterocycles. The molecule has 0 saturated heterocycles. The Bertz CT molecular complexity index is 404. The van der Waals surface area contributed by atoms with E-state index < -0.39 is 0 Å². The van der Waals surface area contributed by atoms with Crippen molar-refractivity contribution in [2.24, 2.45) is 5.41 Å². The molecule has 1 heterocycles. The summed E-state index contributed by atoms with van der Waals surface area (Å²) in [6, 6.07) is 2.30. The Labute approximate surface area is 96.8 Å². The molecule has 1 N–H and O–H groups in total. The minimum atomic E-state index is 0.401. The topological polar surface area (TPSA) is 34.0 Å². The first kappa shape index (κ1) is 11.2. The Morgan fingerprint density at radius 3 is 2.94 bits per heavy atom. The maximum absolute atomic E-state index is 10.2. The van der Waals surface area contributed by atoms with Crippen LogP contribution in [-0.4, -0.2) is 17.5 Å². The summed E-state index contributed by atoms with van der Waals surface area (Å²) in [6.07, 6.45) is 3.09. The lowest BCUT2D eigenvalue weighted by atomic mass is 9.90. The van der Waals surface area contributed by atoms with Gasteiger partial charge in [-0.1, -0.05) is 13.8 Å². The van der Waals surface area contributed by atoms with E-state index in [0.29, 0.717) is 12.0 Å². The van der Waals surface area contributed by atoms with Gasteiger partial charge in [-0.25, -0.2) is 0 Å². The van der Waals surface area contributed by atoms with Gasteiger partial charge in [0.25, 0.3) is 0 Å². The molecule has 1 amide bonds. The quantitative estimate of drug-likeness (QED) is 0.608. The number of nitrogens with one attached hydrogen (secondary N) is 1. The van der Waals surface area contributed by atoms with E-state index in [1.807, 2.05) is 0 Å². The van der Waals surface area contributed by atoms with Crippen LogP contribution in [0, 0.1) is 12.3 Å². The first-order chi connectivity index (χ1) is 7.53. The summed E-state index contributed by atoms with van der Waals surface area (Å²) >= 11 is 0. The number of nitrogens with zero attached hydrogens (tertiary/aromatic N) is 1. The number of fused-ring (bicyclic) bond motifs is 1. The molecular weight excluding hydrogens is 200 g/mol. The van der Waals surface area contributed by atoms with E-state index in [4.69, 9.17) is 0 Å². The van der Waals surface area contributed by atoms with Crippen LogP contribution in [0.3, 0.4) is 0 Å². The van der Waals surface area contributed by atoms with Crippen LogP contribution in [0.4, 0.5) is 0 Å². The Morgan fingerprint density at radius 1 is 1.50 bits per heavy atom. The van der Waals surface area contributed by atoms with Crippen molar-refractivity contribution in [3.8, 4) is 0 Å². The number of rotatable bonds is 4. The zero-order chi connectivity index (χ0) is 11.8. The minimum Gasteiger partial charge on any atom is -0.357 e. The molecule has 0 radical (unpaired) electrons. The summed E-state index contributed by atoms with van der Waals surface area (Å²) < 4.78 is 2.35. The standard InChI is InChI=1S/C13H20N2O/c1-10-6-11-7-13(2,3)8-12(11)15(10)5-4-14-9-16/h6,9H,4-5,7-8H2,1-3H3,(H,14,16). The van der Waals surface area contributed by atoms with Gasteiger partial charge < -0.3 is 9.88 Å². The van der Waals surface area contributed by atoms with Gasteiger partial charge in [-0.2, -0.15) is 0 Å². The average Bonchev–Trinajstić information content (AvgIpc) is 2.60. The zero-order valence-corrected chi connectivity index (χ0v) is 10.3. The number of carbonyl (C=O) groups is 1. The number of amides is 1. The third kappa shape index (κ3) is 1.99. The summed E-state index contributed by atoms with van der Waals surface area (Å²) in [5.41, 5.74) is 4.68. The van der Waals surface area contributed by atoms with Crippen molar-refractivity contribution in [3.63, 3.8) is 0 Å². The highest BCUT2D eigenvalue weighted by Gasteiger charge is 2.31. The number of carbonyl (C=O) groups excluding carboxylic acids is 1. The summed E-state index contributed by atoms with van der Waals surface area (Å²) in [6.45, 7) is 8.38. The summed E-state index contributed by atoms with van der Waals surface area (Å²) in [5, 5.41) is 2.72. The average molecular weight is 220 g/mol. The lowest BCUT2D eigenvalue weighted by molar-refractivity contribution is -0.109. The molecule has 0 aromatic carbocycles. The van der Waals surface area contributed by atoms with Gasteiger partial charge in [-0.05, 0) is 36.8 Å². The largest absolute Gasteiger partial charge is 0.357 e. The second-order valence-electron chi connectivity index (χ2n) is 5.50. The van der Waals surface area contributed by atoms with Crippen molar-refractivity contribution in [2.45, 2.75) is 40.2 Å². The third-order valence-electron chi connectivity index (χ3n) is 3.38. The second-order valence-corrected chi connectivity index (χ2v) is 5.50. The van der Waals surface area contributed by atoms with Crippen LogP contribution in [0.2, 0.25) is 0 Å². The molecule has 1 aliphatic carbocycles. The summed E-state index contributed by atoms with van der Waals surface area (Å²) in [5.74, 6) is 0. The van der Waals surface area contributed by atoms with E-state index in [1.165, 1.54) is 23.4 Å². The molecule has 1 aliphatic rings. The van der Waals surface area contributed by atoms with E-state index in [-0.39, 0.29) is 0 Å². The normalized spacial score (nSPS) is 17.2. The molecule has 0 atom stereocenters. The molecule has 88 valence electrons. The van der Waals surface area contributed by atoms with Gasteiger partial charge in [-0.15, -0.1) is 0 Å². The monoisotopic (exact) mass is 220 g/mol. The fourth-order valence-corrected chi connectivity index (χ4v) is 2.74. The Hall–Kier alpha value is -1.25. The highest BCUT2D eigenvalue weighted by molar-refractivity contribution is 5.45. The van der Waals surface area contributed by atoms with Gasteiger partial charge in [0.1, 0.15) is 0 Å². The molecular formula is C13H20N2O. The second kappa shape index (κ2) is 3.96. The molecule has 0 aliphatic heterocycles. The van der Waals surface area contributed by atoms with Crippen LogP contribution in [-0.2, 0) is 24.2 Å². The van der Waals surface area contributed by atoms with Gasteiger partial charge in [0.2, 0.25) is 6.41 Å². The molecule has 3 nitrogen and oxygen atoms in total. The van der Waals surface area contributed by atoms with E-state index >= 15 is 0 Å². The van der Waals surface area contributed by atoms with Gasteiger partial charge in [-0.3, -0.25) is 4.79 Å². The third-order valence-corrected chi connectivity index (χ3v) is 3.38. The van der Waals surface area contributed by atoms with Crippen molar-refractivity contribution in [1.82, 2.24) is 9.88 Å². The summed E-state index contributed by atoms with van der Waals surface area (Å²) in [4.78, 5) is 10.2. The van der Waals surface area contributed by atoms with Crippen LogP contribution in [0.5, 0.6) is 0 Å². The molecule has 0 fully saturated rings. The highest BCUT2D eigenvalue weighted by atomic mass is 16.1. The smallest absolute Gasteiger partial charge is 0.207 e. The lowest BCUT2D eigenvalue weighted by Gasteiger charge is -2.18. The van der Waals surface area contributed by atoms with Crippen molar-refractivity contribution in [3.05, 3.63) is 23.0 Å². The molecule has 0 bridgehead atoms. The first-order valence-electron chi connectivity index (χ1n) is 5.88. The molecule has 1 aromatic rings. The van der Waals surface area contributed by atoms with Crippen LogP contribution in [0.15, 0.2) is 6.07 Å². The van der Waals surface area contributed by atoms with Crippen molar-refractivity contribution in [1.29, 1.82) is 0 Å². The molecule has 16 heavy (non-hydrogen) atoms. The molecule has 0 saturated carbocycles. The maximum atomic E-state index is 10.2. The van der Waals surface area contributed by atoms with Gasteiger partial charge in [0, 0.05) is 24.5 Å². The maximum Gasteiger partial charge on any atom is 0.207 e. The van der Waals surface area contributed by atoms with Crippen LogP contribution in [0.1, 0.15) is 30.8 Å². The van der Waals surface area contributed by atoms with Crippen molar-refractivity contribution < 1.29 is 4.79 Å². The minimum absolute atomic E-state index is 0.401. The Kier molecular flexibility index (Phi) is 2.78. The van der Waals surface area contributed by atoms with Gasteiger partial charge in [0.05, 0.1) is 0 Å². The highest BCUT2D eigenvalue weighted by Crippen LogP contribution is 2.37. The SMILES string of the molecule is Cc1cc2c(n1CCNC=O)CC(C)(C)C2. The van der Waals surface area contributed by atoms with Gasteiger partial charge >= 0.3 is 0 Å². The lowest BCUT2D eigenvalue weighted by Crippen LogP contribution is -2.20. The molecule has 0 spiro atoms. The Morgan fingerprint density at radius 2 is 2.25 bits per heavy atom. The fraction of sp³-hybridized carbons (Fsp3) is 0.615. The van der Waals surface area contributed by atoms with Crippen molar-refractivity contribution in [2.75, 3.05) is 6.54 Å². The van der Waals surface area contributed by atoms with E-state index in [0.717, 1.165) is 19.4 Å². The molecule has 2 rings (SSSR count). The van der Waals surface area contributed by atoms with Gasteiger partial charge in [0.15, 0.2) is 0 Å². The van der Waals surface area contributed by atoms with E-state index in [2.05, 4.69) is 36.7 Å². The van der Waals surface area contributed by atoms with E-state index in [9.17, 15) is 4.79 Å².